The summed E-state index contributed by atoms with van der Waals surface area (Å²) in [4.78, 5) is 7.04. The quantitative estimate of drug-likeness (QED) is 0.735. The summed E-state index contributed by atoms with van der Waals surface area (Å²) in [6.07, 6.45) is 6.63. The summed E-state index contributed by atoms with van der Waals surface area (Å²) in [5, 5.41) is 0. The minimum atomic E-state index is -3.67. The van der Waals surface area contributed by atoms with Gasteiger partial charge in [-0.3, -0.25) is 9.56 Å². The van der Waals surface area contributed by atoms with Gasteiger partial charge in [-0.05, 0) is 47.5 Å². The Morgan fingerprint density at radius 1 is 1.05 bits per heavy atom. The predicted octanol–water partition coefficient (Wildman–Crippen LogP) is 2.85. The lowest BCUT2D eigenvalue weighted by Gasteiger charge is -2.27. The molecule has 0 aromatic rings. The van der Waals surface area contributed by atoms with Gasteiger partial charge in [-0.1, -0.05) is 6.42 Å². The zero-order chi connectivity index (χ0) is 15.2. The van der Waals surface area contributed by atoms with Gasteiger partial charge in [-0.25, -0.2) is 9.34 Å². The fourth-order valence-electron chi connectivity index (χ4n) is 2.30. The third-order valence-corrected chi connectivity index (χ3v) is 5.53. The van der Waals surface area contributed by atoms with Crippen LogP contribution in [-0.4, -0.2) is 67.9 Å². The summed E-state index contributed by atoms with van der Waals surface area (Å²) in [5.74, 6) is 1.40. The molecule has 0 aliphatic carbocycles. The fourth-order valence-corrected chi connectivity index (χ4v) is 3.01. The van der Waals surface area contributed by atoms with E-state index < -0.39 is 7.75 Å². The van der Waals surface area contributed by atoms with Crippen LogP contribution in [0.1, 0.15) is 32.1 Å². The Labute approximate surface area is 122 Å². The first-order valence-electron chi connectivity index (χ1n) is 7.29. The second kappa shape index (κ2) is 8.11. The molecular weight excluding hydrogens is 278 g/mol. The lowest BCUT2D eigenvalue weighted by atomic mass is 10.2. The number of hydrogen-bond acceptors (Lipinski definition) is 3. The molecule has 118 valence electrons. The van der Waals surface area contributed by atoms with Crippen molar-refractivity contribution in [1.29, 1.82) is 0 Å². The topological polar surface area (TPSA) is 39.1 Å². The standard InChI is InChI=1S/C9H16N2.C4H12FN2OP/c1-2-5-9-10-6-4-8-11(9)7-3-1;1-6(2)9(5,8)7(3)4/h1-8H2;1-4H3. The van der Waals surface area contributed by atoms with Crippen molar-refractivity contribution in [2.24, 2.45) is 4.99 Å². The van der Waals surface area contributed by atoms with Crippen LogP contribution in [0, 0.1) is 0 Å². The van der Waals surface area contributed by atoms with Gasteiger partial charge in [0, 0.05) is 26.1 Å². The molecule has 7 heteroatoms. The summed E-state index contributed by atoms with van der Waals surface area (Å²) in [6, 6.07) is 0. The molecular formula is C13H28FN4OP. The molecule has 2 aliphatic rings. The fraction of sp³-hybridized carbons (Fsp3) is 0.923. The summed E-state index contributed by atoms with van der Waals surface area (Å²) in [5.41, 5.74) is 0. The lowest BCUT2D eigenvalue weighted by Crippen LogP contribution is -2.34. The van der Waals surface area contributed by atoms with Crippen LogP contribution in [0.5, 0.6) is 0 Å². The number of fused-ring (bicyclic) bond motifs is 1. The molecule has 0 aromatic carbocycles. The van der Waals surface area contributed by atoms with Gasteiger partial charge < -0.3 is 4.90 Å². The first kappa shape index (κ1) is 17.6. The first-order chi connectivity index (χ1) is 9.35. The van der Waals surface area contributed by atoms with E-state index in [-0.39, 0.29) is 0 Å². The van der Waals surface area contributed by atoms with Crippen LogP contribution in [0.2, 0.25) is 0 Å². The van der Waals surface area contributed by atoms with Crippen LogP contribution in [0.3, 0.4) is 0 Å². The molecule has 0 atom stereocenters. The van der Waals surface area contributed by atoms with Crippen LogP contribution in [0.25, 0.3) is 0 Å². The molecule has 0 spiro atoms. The molecule has 1 saturated heterocycles. The average Bonchev–Trinajstić information content (AvgIpc) is 2.64. The van der Waals surface area contributed by atoms with Crippen molar-refractivity contribution in [3.8, 4) is 0 Å². The molecule has 0 radical (unpaired) electrons. The number of rotatable bonds is 2. The Hall–Kier alpha value is -0.450. The second-order valence-corrected chi connectivity index (χ2v) is 8.16. The van der Waals surface area contributed by atoms with Gasteiger partial charge in [0.05, 0.1) is 5.84 Å². The smallest absolute Gasteiger partial charge is 0.360 e. The summed E-state index contributed by atoms with van der Waals surface area (Å²) in [7, 11) is 2.11. The van der Waals surface area contributed by atoms with Crippen LogP contribution in [-0.2, 0) is 4.57 Å². The second-order valence-electron chi connectivity index (χ2n) is 5.62. The number of amidine groups is 1. The lowest BCUT2D eigenvalue weighted by molar-refractivity contribution is 0.391. The molecule has 0 saturated carbocycles. The Bertz CT molecular complexity index is 361. The van der Waals surface area contributed by atoms with Crippen molar-refractivity contribution in [3.05, 3.63) is 0 Å². The maximum absolute atomic E-state index is 12.7. The van der Waals surface area contributed by atoms with Crippen LogP contribution < -0.4 is 0 Å². The molecule has 2 aliphatic heterocycles. The number of halogens is 1. The van der Waals surface area contributed by atoms with Crippen molar-refractivity contribution in [2.75, 3.05) is 47.8 Å². The van der Waals surface area contributed by atoms with E-state index >= 15 is 0 Å². The molecule has 20 heavy (non-hydrogen) atoms. The summed E-state index contributed by atoms with van der Waals surface area (Å²) >= 11 is 0. The van der Waals surface area contributed by atoms with E-state index in [2.05, 4.69) is 9.89 Å². The maximum atomic E-state index is 12.7. The number of nitrogens with zero attached hydrogens (tertiary/aromatic N) is 4. The minimum absolute atomic E-state index is 1.08. The highest BCUT2D eigenvalue weighted by atomic mass is 31.2. The van der Waals surface area contributed by atoms with Gasteiger partial charge in [0.25, 0.3) is 0 Å². The Balaban J connectivity index is 0.000000206. The van der Waals surface area contributed by atoms with Crippen molar-refractivity contribution in [3.63, 3.8) is 0 Å². The van der Waals surface area contributed by atoms with Gasteiger partial charge in [-0.2, -0.15) is 4.20 Å². The van der Waals surface area contributed by atoms with Gasteiger partial charge in [0.15, 0.2) is 0 Å². The van der Waals surface area contributed by atoms with E-state index in [1.165, 1.54) is 79.2 Å². The van der Waals surface area contributed by atoms with E-state index in [0.29, 0.717) is 0 Å². The highest BCUT2D eigenvalue weighted by molar-refractivity contribution is 7.53. The van der Waals surface area contributed by atoms with E-state index in [4.69, 9.17) is 0 Å². The summed E-state index contributed by atoms with van der Waals surface area (Å²) in [6.45, 7) is 3.60. The molecule has 0 bridgehead atoms. The first-order valence-corrected chi connectivity index (χ1v) is 8.79. The van der Waals surface area contributed by atoms with Crippen LogP contribution in [0.15, 0.2) is 4.99 Å². The molecule has 0 amide bonds. The Morgan fingerprint density at radius 2 is 1.65 bits per heavy atom. The Kier molecular flexibility index (Phi) is 7.13. The van der Waals surface area contributed by atoms with Crippen LogP contribution >= 0.6 is 7.75 Å². The summed E-state index contributed by atoms with van der Waals surface area (Å²) < 4.78 is 25.7. The zero-order valence-electron chi connectivity index (χ0n) is 13.2. The van der Waals surface area contributed by atoms with Crippen molar-refractivity contribution < 1.29 is 8.76 Å². The molecule has 1 fully saturated rings. The number of hydrogen-bond donors (Lipinski definition) is 0. The van der Waals surface area contributed by atoms with Gasteiger partial charge in [0.1, 0.15) is 0 Å². The van der Waals surface area contributed by atoms with Crippen molar-refractivity contribution >= 4 is 13.6 Å². The van der Waals surface area contributed by atoms with E-state index in [0.717, 1.165) is 15.9 Å². The molecule has 2 rings (SSSR count). The van der Waals surface area contributed by atoms with Gasteiger partial charge >= 0.3 is 7.75 Å². The largest absolute Gasteiger partial charge is 0.381 e. The Morgan fingerprint density at radius 3 is 2.20 bits per heavy atom. The molecule has 5 nitrogen and oxygen atoms in total. The predicted molar refractivity (Wildman–Crippen MR) is 83.0 cm³/mol. The van der Waals surface area contributed by atoms with Crippen LogP contribution in [0.4, 0.5) is 4.20 Å². The van der Waals surface area contributed by atoms with E-state index in [9.17, 15) is 8.76 Å². The van der Waals surface area contributed by atoms with Gasteiger partial charge in [-0.15, -0.1) is 0 Å². The van der Waals surface area contributed by atoms with E-state index in [1.807, 2.05) is 0 Å². The highest BCUT2D eigenvalue weighted by Gasteiger charge is 2.26. The highest BCUT2D eigenvalue weighted by Crippen LogP contribution is 2.50. The van der Waals surface area contributed by atoms with Crippen molar-refractivity contribution in [2.45, 2.75) is 32.1 Å². The molecule has 0 N–H and O–H groups in total. The number of aliphatic imine (C=N–C) groups is 1. The molecule has 2 heterocycles. The third-order valence-electron chi connectivity index (χ3n) is 3.56. The zero-order valence-corrected chi connectivity index (χ0v) is 14.1. The average molecular weight is 306 g/mol. The third kappa shape index (κ3) is 5.15. The SMILES string of the molecule is C1CCC2=NCCCN2CC1.CN(C)P(=O)(F)N(C)C. The normalized spacial score (nSPS) is 19.9. The maximum Gasteiger partial charge on any atom is 0.381 e. The van der Waals surface area contributed by atoms with Crippen molar-refractivity contribution in [1.82, 2.24) is 14.2 Å². The molecule has 0 unspecified atom stereocenters. The monoisotopic (exact) mass is 306 g/mol. The molecule has 0 aromatic heterocycles. The van der Waals surface area contributed by atoms with Gasteiger partial charge in [0.2, 0.25) is 0 Å². The minimum Gasteiger partial charge on any atom is -0.360 e. The van der Waals surface area contributed by atoms with E-state index in [1.54, 1.807) is 0 Å².